The fourth-order valence-electron chi connectivity index (χ4n) is 4.04. The van der Waals surface area contributed by atoms with E-state index in [-0.39, 0.29) is 4.90 Å². The molecule has 146 valence electrons. The average Bonchev–Trinajstić information content (AvgIpc) is 3.35. The lowest BCUT2D eigenvalue weighted by Gasteiger charge is -2.36. The molecule has 0 saturated carbocycles. The zero-order chi connectivity index (χ0) is 19.3. The van der Waals surface area contributed by atoms with Crippen molar-refractivity contribution in [3.05, 3.63) is 47.7 Å². The molecule has 0 bridgehead atoms. The molecule has 28 heavy (non-hydrogen) atoms. The van der Waals surface area contributed by atoms with Gasteiger partial charge in [-0.2, -0.15) is 18.9 Å². The monoisotopic (exact) mass is 402 g/mol. The lowest BCUT2D eigenvalue weighted by Crippen LogP contribution is -2.49. The Morgan fingerprint density at radius 3 is 2.68 bits per heavy atom. The molecule has 2 aliphatic rings. The summed E-state index contributed by atoms with van der Waals surface area (Å²) in [7, 11) is -3.71. The second-order valence-electron chi connectivity index (χ2n) is 7.03. The highest BCUT2D eigenvalue weighted by molar-refractivity contribution is 7.89. The van der Waals surface area contributed by atoms with Crippen LogP contribution >= 0.6 is 0 Å². The first-order valence-electron chi connectivity index (χ1n) is 9.26. The third-order valence-corrected chi connectivity index (χ3v) is 7.29. The first-order chi connectivity index (χ1) is 13.5. The van der Waals surface area contributed by atoms with Crippen LogP contribution in [0.2, 0.25) is 0 Å². The Balaban J connectivity index is 1.43. The molecule has 1 fully saturated rings. The number of fused-ring (bicyclic) bond motifs is 2. The second kappa shape index (κ2) is 6.49. The van der Waals surface area contributed by atoms with Gasteiger partial charge in [-0.3, -0.25) is 0 Å². The third-order valence-electron chi connectivity index (χ3n) is 5.40. The van der Waals surface area contributed by atoms with Crippen LogP contribution in [-0.2, 0) is 22.9 Å². The molecule has 2 aromatic heterocycles. The molecular formula is C18H19FN6O2S. The first-order valence-corrected chi connectivity index (χ1v) is 10.7. The number of anilines is 1. The topological polar surface area (TPSA) is 83.7 Å². The van der Waals surface area contributed by atoms with Gasteiger partial charge in [0.05, 0.1) is 10.6 Å². The predicted molar refractivity (Wildman–Crippen MR) is 100 cm³/mol. The van der Waals surface area contributed by atoms with Crippen molar-refractivity contribution in [3.63, 3.8) is 0 Å². The minimum absolute atomic E-state index is 0.00980. The summed E-state index contributed by atoms with van der Waals surface area (Å²) in [6.07, 6.45) is 4.41. The molecule has 10 heteroatoms. The van der Waals surface area contributed by atoms with Gasteiger partial charge >= 0.3 is 0 Å². The second-order valence-corrected chi connectivity index (χ2v) is 8.97. The Morgan fingerprint density at radius 1 is 1.07 bits per heavy atom. The fraction of sp³-hybridized carbons (Fsp3) is 0.389. The maximum Gasteiger partial charge on any atom is 0.254 e. The Kier molecular flexibility index (Phi) is 4.06. The van der Waals surface area contributed by atoms with Crippen molar-refractivity contribution in [1.82, 2.24) is 23.9 Å². The Hall–Kier alpha value is -2.59. The molecule has 1 aliphatic heterocycles. The molecule has 3 heterocycles. The van der Waals surface area contributed by atoms with E-state index in [9.17, 15) is 12.8 Å². The largest absolute Gasteiger partial charge is 0.354 e. The van der Waals surface area contributed by atoms with Crippen molar-refractivity contribution in [2.45, 2.75) is 24.2 Å². The number of aryl methyl sites for hydroxylation is 1. The summed E-state index contributed by atoms with van der Waals surface area (Å²) in [6, 6.07) is 5.15. The fourth-order valence-corrected chi connectivity index (χ4v) is 5.50. The molecule has 0 radical (unpaired) electrons. The molecule has 1 aromatic carbocycles. The van der Waals surface area contributed by atoms with E-state index in [4.69, 9.17) is 0 Å². The Morgan fingerprint density at radius 2 is 1.89 bits per heavy atom. The van der Waals surface area contributed by atoms with Gasteiger partial charge in [-0.25, -0.2) is 17.8 Å². The highest BCUT2D eigenvalue weighted by Gasteiger charge is 2.32. The van der Waals surface area contributed by atoms with Crippen molar-refractivity contribution in [2.75, 3.05) is 31.1 Å². The maximum atomic E-state index is 13.5. The number of nitrogens with zero attached hydrogens (tertiary/aromatic N) is 6. The summed E-state index contributed by atoms with van der Waals surface area (Å²) in [5.41, 5.74) is 2.24. The van der Waals surface area contributed by atoms with Crippen molar-refractivity contribution < 1.29 is 12.8 Å². The van der Waals surface area contributed by atoms with Gasteiger partial charge in [-0.05, 0) is 37.5 Å². The summed E-state index contributed by atoms with van der Waals surface area (Å²) in [6.45, 7) is 1.71. The number of rotatable bonds is 3. The van der Waals surface area contributed by atoms with Crippen molar-refractivity contribution >= 4 is 21.6 Å². The van der Waals surface area contributed by atoms with Crippen LogP contribution in [0.3, 0.4) is 0 Å². The summed E-state index contributed by atoms with van der Waals surface area (Å²) in [5, 5.41) is 4.32. The van der Waals surface area contributed by atoms with Crippen LogP contribution in [0.25, 0.3) is 5.78 Å². The first kappa shape index (κ1) is 17.5. The molecule has 1 aliphatic carbocycles. The van der Waals surface area contributed by atoms with Gasteiger partial charge in [0.15, 0.2) is 0 Å². The van der Waals surface area contributed by atoms with E-state index in [0.29, 0.717) is 32.0 Å². The summed E-state index contributed by atoms with van der Waals surface area (Å²) < 4.78 is 42.3. The van der Waals surface area contributed by atoms with E-state index in [1.807, 2.05) is 0 Å². The Labute approximate surface area is 161 Å². The zero-order valence-corrected chi connectivity index (χ0v) is 15.9. The molecule has 1 saturated heterocycles. The van der Waals surface area contributed by atoms with E-state index < -0.39 is 15.8 Å². The number of piperazine rings is 1. The van der Waals surface area contributed by atoms with Crippen LogP contribution in [0.15, 0.2) is 35.5 Å². The van der Waals surface area contributed by atoms with Crippen molar-refractivity contribution in [1.29, 1.82) is 0 Å². The van der Waals surface area contributed by atoms with Crippen LogP contribution in [0.1, 0.15) is 17.7 Å². The van der Waals surface area contributed by atoms with Crippen molar-refractivity contribution in [2.24, 2.45) is 0 Å². The van der Waals surface area contributed by atoms with E-state index in [1.54, 1.807) is 4.52 Å². The van der Waals surface area contributed by atoms with E-state index in [1.165, 1.54) is 34.4 Å². The molecular weight excluding hydrogens is 383 g/mol. The van der Waals surface area contributed by atoms with Gasteiger partial charge < -0.3 is 4.90 Å². The standard InChI is InChI=1S/C18H19FN6O2S/c19-13-3-1-4-14(11-13)28(26,27)24-9-7-23(8-10-24)17-15-5-2-6-16(15)22-18-20-12-21-25(17)18/h1,3-4,11-12H,2,5-10H2. The van der Waals surface area contributed by atoms with Crippen LogP contribution < -0.4 is 4.90 Å². The highest BCUT2D eigenvalue weighted by atomic mass is 32.2. The van der Waals surface area contributed by atoms with Crippen LogP contribution in [-0.4, -0.2) is 58.5 Å². The van der Waals surface area contributed by atoms with Gasteiger partial charge in [-0.15, -0.1) is 0 Å². The third kappa shape index (κ3) is 2.75. The molecule has 0 N–H and O–H groups in total. The predicted octanol–water partition coefficient (Wildman–Crippen LogP) is 1.26. The minimum atomic E-state index is -3.71. The van der Waals surface area contributed by atoms with Gasteiger partial charge in [0.25, 0.3) is 5.78 Å². The van der Waals surface area contributed by atoms with Gasteiger partial charge in [0.1, 0.15) is 18.0 Å². The Bertz CT molecular complexity index is 1150. The van der Waals surface area contributed by atoms with Crippen molar-refractivity contribution in [3.8, 4) is 0 Å². The quantitative estimate of drug-likeness (QED) is 0.656. The lowest BCUT2D eigenvalue weighted by atomic mass is 10.2. The highest BCUT2D eigenvalue weighted by Crippen LogP contribution is 2.31. The molecule has 5 rings (SSSR count). The molecule has 3 aromatic rings. The van der Waals surface area contributed by atoms with E-state index in [2.05, 4.69) is 20.0 Å². The van der Waals surface area contributed by atoms with Crippen LogP contribution in [0.4, 0.5) is 10.2 Å². The summed E-state index contributed by atoms with van der Waals surface area (Å²) in [4.78, 5) is 11.0. The van der Waals surface area contributed by atoms with Gasteiger partial charge in [-0.1, -0.05) is 6.07 Å². The SMILES string of the molecule is O=S(=O)(c1cccc(F)c1)N1CCN(c2c3c(nc4ncnn24)CCC3)CC1. The van der Waals surface area contributed by atoms with E-state index >= 15 is 0 Å². The normalized spacial score (nSPS) is 18.0. The van der Waals surface area contributed by atoms with Gasteiger partial charge in [0, 0.05) is 31.7 Å². The molecule has 8 nitrogen and oxygen atoms in total. The number of sulfonamides is 1. The average molecular weight is 402 g/mol. The van der Waals surface area contributed by atoms with Crippen LogP contribution in [0.5, 0.6) is 0 Å². The maximum absolute atomic E-state index is 13.5. The zero-order valence-electron chi connectivity index (χ0n) is 15.1. The number of aromatic nitrogens is 4. The lowest BCUT2D eigenvalue weighted by molar-refractivity contribution is 0.382. The number of hydrogen-bond donors (Lipinski definition) is 0. The van der Waals surface area contributed by atoms with E-state index in [0.717, 1.165) is 36.8 Å². The number of benzene rings is 1. The minimum Gasteiger partial charge on any atom is -0.354 e. The van der Waals surface area contributed by atoms with Gasteiger partial charge in [0.2, 0.25) is 10.0 Å². The molecule has 0 amide bonds. The number of hydrogen-bond acceptors (Lipinski definition) is 6. The van der Waals surface area contributed by atoms with Crippen LogP contribution in [0, 0.1) is 5.82 Å². The molecule has 0 atom stereocenters. The summed E-state index contributed by atoms with van der Waals surface area (Å²) >= 11 is 0. The molecule has 0 unspecified atom stereocenters. The smallest absolute Gasteiger partial charge is 0.254 e. The summed E-state index contributed by atoms with van der Waals surface area (Å²) in [5.74, 6) is 0.990. The number of halogens is 1. The molecule has 0 spiro atoms.